The summed E-state index contributed by atoms with van der Waals surface area (Å²) in [5.74, 6) is 0. The van der Waals surface area contributed by atoms with Crippen molar-refractivity contribution in [3.8, 4) is 11.3 Å². The summed E-state index contributed by atoms with van der Waals surface area (Å²) in [5.41, 5.74) is 2.09. The molecule has 0 aliphatic carbocycles. The van der Waals surface area contributed by atoms with E-state index in [0.29, 0.717) is 5.02 Å². The van der Waals surface area contributed by atoms with Gasteiger partial charge in [0.15, 0.2) is 0 Å². The minimum absolute atomic E-state index is 0.691. The van der Waals surface area contributed by atoms with Crippen molar-refractivity contribution in [3.63, 3.8) is 0 Å². The van der Waals surface area contributed by atoms with Crippen LogP contribution in [0.5, 0.6) is 0 Å². The fraction of sp³-hybridized carbons (Fsp3) is 0.100. The maximum atomic E-state index is 6.06. The molecule has 0 fully saturated rings. The summed E-state index contributed by atoms with van der Waals surface area (Å²) >= 11 is 8.36. The van der Waals surface area contributed by atoms with Gasteiger partial charge in [0.1, 0.15) is 0 Å². The minimum Gasteiger partial charge on any atom is -0.266 e. The lowest BCUT2D eigenvalue weighted by Crippen LogP contribution is -1.94. The second kappa shape index (κ2) is 3.90. The molecule has 72 valence electrons. The molecular weight excluding hydrogens is 310 g/mol. The molecule has 1 aromatic carbocycles. The molecule has 2 aromatic rings. The first-order valence-electron chi connectivity index (χ1n) is 4.12. The Labute approximate surface area is 101 Å². The van der Waals surface area contributed by atoms with E-state index in [0.717, 1.165) is 11.3 Å². The topological polar surface area (TPSA) is 17.8 Å². The summed E-state index contributed by atoms with van der Waals surface area (Å²) in [6.45, 7) is 0. The number of hydrogen-bond acceptors (Lipinski definition) is 1. The monoisotopic (exact) mass is 318 g/mol. The lowest BCUT2D eigenvalue weighted by molar-refractivity contribution is 0.775. The third kappa shape index (κ3) is 1.66. The average Bonchev–Trinajstić information content (AvgIpc) is 2.48. The van der Waals surface area contributed by atoms with E-state index in [9.17, 15) is 0 Å². The highest BCUT2D eigenvalue weighted by atomic mass is 127. The fourth-order valence-corrected chi connectivity index (χ4v) is 2.28. The number of halogens is 2. The van der Waals surface area contributed by atoms with Crippen molar-refractivity contribution in [3.05, 3.63) is 39.1 Å². The number of aryl methyl sites for hydroxylation is 1. The maximum absolute atomic E-state index is 6.06. The Hall–Kier alpha value is -0.550. The highest BCUT2D eigenvalue weighted by Gasteiger charge is 2.10. The van der Waals surface area contributed by atoms with Crippen molar-refractivity contribution >= 4 is 34.2 Å². The third-order valence-electron chi connectivity index (χ3n) is 2.02. The van der Waals surface area contributed by atoms with E-state index >= 15 is 0 Å². The lowest BCUT2D eigenvalue weighted by atomic mass is 10.1. The van der Waals surface area contributed by atoms with Gasteiger partial charge in [-0.25, -0.2) is 0 Å². The van der Waals surface area contributed by atoms with Crippen LogP contribution >= 0.6 is 34.2 Å². The number of benzene rings is 1. The summed E-state index contributed by atoms with van der Waals surface area (Å²) < 4.78 is 2.97. The Morgan fingerprint density at radius 2 is 2.07 bits per heavy atom. The van der Waals surface area contributed by atoms with Crippen LogP contribution in [0.1, 0.15) is 0 Å². The first-order valence-corrected chi connectivity index (χ1v) is 5.58. The molecule has 0 saturated heterocycles. The van der Waals surface area contributed by atoms with Crippen LogP contribution in [0.15, 0.2) is 30.5 Å². The number of nitrogens with zero attached hydrogens (tertiary/aromatic N) is 2. The number of rotatable bonds is 1. The van der Waals surface area contributed by atoms with Crippen molar-refractivity contribution in [2.75, 3.05) is 0 Å². The molecule has 0 N–H and O–H groups in total. The van der Waals surface area contributed by atoms with Crippen LogP contribution in [0.4, 0.5) is 0 Å². The molecule has 0 aliphatic rings. The Morgan fingerprint density at radius 3 is 2.64 bits per heavy atom. The predicted molar refractivity (Wildman–Crippen MR) is 66.4 cm³/mol. The molecule has 0 bridgehead atoms. The van der Waals surface area contributed by atoms with Crippen molar-refractivity contribution in [1.82, 2.24) is 9.78 Å². The van der Waals surface area contributed by atoms with E-state index < -0.39 is 0 Å². The van der Waals surface area contributed by atoms with Crippen LogP contribution < -0.4 is 0 Å². The van der Waals surface area contributed by atoms with Crippen LogP contribution in [-0.4, -0.2) is 9.78 Å². The Balaban J connectivity index is 2.66. The Bertz CT molecular complexity index is 445. The quantitative estimate of drug-likeness (QED) is 0.737. The molecule has 1 heterocycles. The first-order chi connectivity index (χ1) is 6.70. The molecule has 2 nitrogen and oxygen atoms in total. The summed E-state index contributed by atoms with van der Waals surface area (Å²) in [6, 6.07) is 8.11. The van der Waals surface area contributed by atoms with Crippen LogP contribution in [-0.2, 0) is 7.05 Å². The van der Waals surface area contributed by atoms with Crippen molar-refractivity contribution in [2.45, 2.75) is 0 Å². The van der Waals surface area contributed by atoms with Gasteiger partial charge in [0.25, 0.3) is 0 Å². The standard InChI is InChI=1S/C10H8ClIN2/c1-14-10(8(11)6-13-14)7-4-2-3-5-9(7)12/h2-6H,1H3. The summed E-state index contributed by atoms with van der Waals surface area (Å²) in [5, 5.41) is 4.81. The van der Waals surface area contributed by atoms with Gasteiger partial charge >= 0.3 is 0 Å². The molecule has 14 heavy (non-hydrogen) atoms. The van der Waals surface area contributed by atoms with Crippen LogP contribution in [0.25, 0.3) is 11.3 Å². The molecule has 0 radical (unpaired) electrons. The molecular formula is C10H8ClIN2. The van der Waals surface area contributed by atoms with Crippen LogP contribution in [0, 0.1) is 3.57 Å². The van der Waals surface area contributed by atoms with Crippen LogP contribution in [0.2, 0.25) is 5.02 Å². The first kappa shape index (κ1) is 9.98. The van der Waals surface area contributed by atoms with E-state index in [1.165, 1.54) is 3.57 Å². The van der Waals surface area contributed by atoms with Gasteiger partial charge in [-0.05, 0) is 28.7 Å². The zero-order valence-corrected chi connectivity index (χ0v) is 10.5. The summed E-state index contributed by atoms with van der Waals surface area (Å²) in [6.07, 6.45) is 1.67. The normalized spacial score (nSPS) is 10.5. The van der Waals surface area contributed by atoms with E-state index in [1.807, 2.05) is 25.2 Å². The maximum Gasteiger partial charge on any atom is 0.0876 e. The van der Waals surface area contributed by atoms with Crippen molar-refractivity contribution < 1.29 is 0 Å². The molecule has 0 unspecified atom stereocenters. The molecule has 0 aliphatic heterocycles. The Kier molecular flexibility index (Phi) is 2.78. The second-order valence-corrected chi connectivity index (χ2v) is 4.51. The number of aromatic nitrogens is 2. The highest BCUT2D eigenvalue weighted by Crippen LogP contribution is 2.30. The highest BCUT2D eigenvalue weighted by molar-refractivity contribution is 14.1. The van der Waals surface area contributed by atoms with Crippen molar-refractivity contribution in [1.29, 1.82) is 0 Å². The lowest BCUT2D eigenvalue weighted by Gasteiger charge is -2.05. The zero-order valence-electron chi connectivity index (χ0n) is 7.54. The van der Waals surface area contributed by atoms with E-state index in [1.54, 1.807) is 10.9 Å². The SMILES string of the molecule is Cn1ncc(Cl)c1-c1ccccc1I. The predicted octanol–water partition coefficient (Wildman–Crippen LogP) is 3.35. The molecule has 1 aromatic heterocycles. The summed E-state index contributed by atoms with van der Waals surface area (Å²) in [4.78, 5) is 0. The average molecular weight is 319 g/mol. The second-order valence-electron chi connectivity index (χ2n) is 2.94. The summed E-state index contributed by atoms with van der Waals surface area (Å²) in [7, 11) is 1.89. The van der Waals surface area contributed by atoms with Gasteiger partial charge in [0, 0.05) is 16.2 Å². The third-order valence-corrected chi connectivity index (χ3v) is 3.24. The van der Waals surface area contributed by atoms with Crippen LogP contribution in [0.3, 0.4) is 0 Å². The van der Waals surface area contributed by atoms with E-state index in [-0.39, 0.29) is 0 Å². The molecule has 4 heteroatoms. The smallest absolute Gasteiger partial charge is 0.0876 e. The van der Waals surface area contributed by atoms with Crippen molar-refractivity contribution in [2.24, 2.45) is 7.05 Å². The van der Waals surface area contributed by atoms with E-state index in [4.69, 9.17) is 11.6 Å². The van der Waals surface area contributed by atoms with Gasteiger partial charge in [-0.1, -0.05) is 29.8 Å². The largest absolute Gasteiger partial charge is 0.266 e. The number of hydrogen-bond donors (Lipinski definition) is 0. The van der Waals surface area contributed by atoms with Gasteiger partial charge in [0.2, 0.25) is 0 Å². The fourth-order valence-electron chi connectivity index (χ4n) is 1.37. The molecule has 0 spiro atoms. The van der Waals surface area contributed by atoms with Gasteiger partial charge in [-0.2, -0.15) is 5.10 Å². The van der Waals surface area contributed by atoms with Gasteiger partial charge in [-0.3, -0.25) is 4.68 Å². The minimum atomic E-state index is 0.691. The Morgan fingerprint density at radius 1 is 1.36 bits per heavy atom. The zero-order chi connectivity index (χ0) is 10.1. The van der Waals surface area contributed by atoms with Gasteiger partial charge in [0.05, 0.1) is 16.9 Å². The molecule has 0 amide bonds. The van der Waals surface area contributed by atoms with E-state index in [2.05, 4.69) is 33.8 Å². The molecule has 0 atom stereocenters. The molecule has 2 rings (SSSR count). The van der Waals surface area contributed by atoms with Gasteiger partial charge < -0.3 is 0 Å². The van der Waals surface area contributed by atoms with Gasteiger partial charge in [-0.15, -0.1) is 0 Å². The molecule has 0 saturated carbocycles.